The number of anilines is 1. The molecule has 0 saturated carbocycles. The van der Waals surface area contributed by atoms with Crippen LogP contribution in [0.3, 0.4) is 0 Å². The Morgan fingerprint density at radius 2 is 1.37 bits per heavy atom. The lowest BCUT2D eigenvalue weighted by molar-refractivity contribution is -0.127. The molecule has 6 N–H and O–H groups in total. The third-order valence-electron chi connectivity index (χ3n) is 9.86. The van der Waals surface area contributed by atoms with Crippen LogP contribution in [0.25, 0.3) is 22.3 Å². The van der Waals surface area contributed by atoms with E-state index in [2.05, 4.69) is 27.2 Å². The summed E-state index contributed by atoms with van der Waals surface area (Å²) in [5.74, 6) is 1.32. The molecule has 15 nitrogen and oxygen atoms in total. The number of nitrogens with two attached hydrogens (primary N) is 1. The fraction of sp³-hybridized carbons (Fsp3) is 0.209. The lowest BCUT2D eigenvalue weighted by Gasteiger charge is -2.32. The predicted molar refractivity (Wildman–Crippen MR) is 225 cm³/mol. The highest BCUT2D eigenvalue weighted by Crippen LogP contribution is 2.34. The third kappa shape index (κ3) is 10.3. The van der Waals surface area contributed by atoms with Gasteiger partial charge in [0.15, 0.2) is 5.65 Å². The minimum atomic E-state index is -1.48. The molecular formula is C43H45BN8O7. The number of hydrogen-bond donors (Lipinski definition) is 5. The van der Waals surface area contributed by atoms with Gasteiger partial charge in [0.25, 0.3) is 11.8 Å². The third-order valence-corrected chi connectivity index (χ3v) is 9.86. The number of amides is 3. The fourth-order valence-corrected chi connectivity index (χ4v) is 6.58. The van der Waals surface area contributed by atoms with E-state index in [9.17, 15) is 14.4 Å². The molecule has 0 unspecified atom stereocenters. The molecule has 4 aromatic carbocycles. The first kappa shape index (κ1) is 41.6. The van der Waals surface area contributed by atoms with E-state index in [0.717, 1.165) is 29.5 Å². The number of nitrogen functional groups attached to an aromatic ring is 1. The number of carbonyl (C=O) groups is 3. The number of benzene rings is 4. The molecule has 7 rings (SSSR count). The molecule has 0 aliphatic carbocycles. The normalized spacial score (nSPS) is 13.4. The van der Waals surface area contributed by atoms with Crippen molar-refractivity contribution in [1.29, 1.82) is 0 Å². The van der Waals surface area contributed by atoms with Crippen LogP contribution in [0.5, 0.6) is 11.5 Å². The van der Waals surface area contributed by atoms with E-state index in [-0.39, 0.29) is 23.8 Å². The van der Waals surface area contributed by atoms with Crippen molar-refractivity contribution in [3.8, 4) is 22.8 Å². The first-order valence-corrected chi connectivity index (χ1v) is 18.9. The van der Waals surface area contributed by atoms with Crippen molar-refractivity contribution in [2.45, 2.75) is 32.0 Å². The zero-order chi connectivity index (χ0) is 41.9. The average Bonchev–Trinajstić information content (AvgIpc) is 3.68. The second kappa shape index (κ2) is 19.4. The fourth-order valence-electron chi connectivity index (χ4n) is 6.58. The van der Waals surface area contributed by atoms with Crippen LogP contribution in [0.4, 0.5) is 5.82 Å². The molecule has 1 aliphatic rings. The highest BCUT2D eigenvalue weighted by atomic mass is 16.5. The molecule has 16 heteroatoms. The second-order valence-corrected chi connectivity index (χ2v) is 13.7. The van der Waals surface area contributed by atoms with E-state index >= 15 is 0 Å². The summed E-state index contributed by atoms with van der Waals surface area (Å²) in [5, 5.41) is 29.3. The molecule has 3 heterocycles. The monoisotopic (exact) mass is 796 g/mol. The van der Waals surface area contributed by atoms with Crippen LogP contribution in [0.15, 0.2) is 116 Å². The van der Waals surface area contributed by atoms with E-state index in [4.69, 9.17) is 30.4 Å². The molecule has 1 atom stereocenters. The average molecular weight is 797 g/mol. The molecule has 6 aromatic rings. The van der Waals surface area contributed by atoms with E-state index < -0.39 is 7.12 Å². The van der Waals surface area contributed by atoms with E-state index in [1.165, 1.54) is 12.4 Å². The summed E-state index contributed by atoms with van der Waals surface area (Å²) in [7, 11) is 1.68. The van der Waals surface area contributed by atoms with Gasteiger partial charge in [-0.15, -0.1) is 0 Å². The Morgan fingerprint density at radius 3 is 1.88 bits per heavy atom. The topological polar surface area (TPSA) is 207 Å². The van der Waals surface area contributed by atoms with Gasteiger partial charge in [0, 0.05) is 42.9 Å². The number of hydrogen-bond acceptors (Lipinski definition) is 11. The van der Waals surface area contributed by atoms with Crippen molar-refractivity contribution in [2.24, 2.45) is 0 Å². The Kier molecular flexibility index (Phi) is 13.7. The SMILES string of the molecule is C=CC(=O)N1CCC[C@@H](n2nc(-c3ccc(CNC(=O)c4ccc(OC)cc4)cc3)c3c(N)ncnc32)C1.COc1ccc(C(=O)NCc2ccc(B(O)O)cc2)cc1. The van der Waals surface area contributed by atoms with Crippen LogP contribution in [-0.4, -0.2) is 86.8 Å². The van der Waals surface area contributed by atoms with Gasteiger partial charge in [-0.05, 0) is 84.0 Å². The van der Waals surface area contributed by atoms with Crippen LogP contribution in [0.2, 0.25) is 0 Å². The maximum absolute atomic E-state index is 12.5. The minimum absolute atomic E-state index is 0.0364. The first-order valence-electron chi connectivity index (χ1n) is 18.9. The lowest BCUT2D eigenvalue weighted by atomic mass is 9.80. The lowest BCUT2D eigenvalue weighted by Crippen LogP contribution is -2.40. The maximum atomic E-state index is 12.5. The Morgan fingerprint density at radius 1 is 0.831 bits per heavy atom. The summed E-state index contributed by atoms with van der Waals surface area (Å²) in [6.07, 6.45) is 4.51. The van der Waals surface area contributed by atoms with Gasteiger partial charge in [0.2, 0.25) is 5.91 Å². The highest BCUT2D eigenvalue weighted by molar-refractivity contribution is 6.58. The van der Waals surface area contributed by atoms with Gasteiger partial charge < -0.3 is 40.8 Å². The highest BCUT2D eigenvalue weighted by Gasteiger charge is 2.28. The summed E-state index contributed by atoms with van der Waals surface area (Å²) in [6, 6.07) is 28.3. The largest absolute Gasteiger partial charge is 0.497 e. The van der Waals surface area contributed by atoms with E-state index in [1.54, 1.807) is 91.9 Å². The molecule has 3 amide bonds. The Labute approximate surface area is 341 Å². The molecule has 1 saturated heterocycles. The molecule has 0 bridgehead atoms. The van der Waals surface area contributed by atoms with Crippen molar-refractivity contribution >= 4 is 47.2 Å². The molecular weight excluding hydrogens is 751 g/mol. The van der Waals surface area contributed by atoms with E-state index in [1.807, 2.05) is 28.9 Å². The number of likely N-dealkylation sites (tertiary alicyclic amines) is 1. The number of nitrogens with one attached hydrogen (secondary N) is 2. The zero-order valence-electron chi connectivity index (χ0n) is 32.7. The van der Waals surface area contributed by atoms with Gasteiger partial charge in [0.1, 0.15) is 29.3 Å². The van der Waals surface area contributed by atoms with Crippen LogP contribution in [0, 0.1) is 0 Å². The number of rotatable bonds is 12. The van der Waals surface area contributed by atoms with Gasteiger partial charge in [-0.2, -0.15) is 5.10 Å². The van der Waals surface area contributed by atoms with Crippen molar-refractivity contribution in [2.75, 3.05) is 33.0 Å². The molecule has 59 heavy (non-hydrogen) atoms. The Hall–Kier alpha value is -7.04. The molecule has 2 aromatic heterocycles. The van der Waals surface area contributed by atoms with Crippen LogP contribution in [0.1, 0.15) is 50.7 Å². The second-order valence-electron chi connectivity index (χ2n) is 13.7. The number of aromatic nitrogens is 4. The maximum Gasteiger partial charge on any atom is 0.488 e. The molecule has 1 fully saturated rings. The van der Waals surface area contributed by atoms with Crippen molar-refractivity contribution in [3.05, 3.63) is 138 Å². The smallest absolute Gasteiger partial charge is 0.488 e. The van der Waals surface area contributed by atoms with Crippen LogP contribution < -0.4 is 31.3 Å². The summed E-state index contributed by atoms with van der Waals surface area (Å²) in [6.45, 7) is 5.58. The number of methoxy groups -OCH3 is 2. The molecule has 0 spiro atoms. The van der Waals surface area contributed by atoms with Gasteiger partial charge in [-0.25, -0.2) is 14.6 Å². The standard InChI is InChI=1S/C28H29N7O3.C15H16BNO4/c1-3-23(36)34-14-4-5-21(16-34)35-27-24(26(29)31-17-32-27)25(33-35)19-8-6-18(7-9-19)15-30-28(37)20-10-12-22(38-2)13-11-20;1-21-14-8-4-12(5-9-14)15(18)17-10-11-2-6-13(7-3-11)16(19)20/h3,6-13,17,21H,1,4-5,14-16H2,2H3,(H,30,37)(H2,29,31,32);2-9,19-20H,10H2,1H3,(H,17,18)/t21-;/m1./s1. The summed E-state index contributed by atoms with van der Waals surface area (Å²) in [5.41, 5.74) is 11.8. The predicted octanol–water partition coefficient (Wildman–Crippen LogP) is 3.67. The quantitative estimate of drug-likeness (QED) is 0.0893. The number of fused-ring (bicyclic) bond motifs is 1. The number of ether oxygens (including phenoxy) is 2. The summed E-state index contributed by atoms with van der Waals surface area (Å²) >= 11 is 0. The first-order chi connectivity index (χ1) is 28.6. The van der Waals surface area contributed by atoms with Gasteiger partial charge in [-0.3, -0.25) is 14.4 Å². The van der Waals surface area contributed by atoms with Crippen LogP contribution >= 0.6 is 0 Å². The van der Waals surface area contributed by atoms with Crippen molar-refractivity contribution in [1.82, 2.24) is 35.3 Å². The number of piperidine rings is 1. The van der Waals surface area contributed by atoms with Gasteiger partial charge >= 0.3 is 7.12 Å². The Balaban J connectivity index is 0.000000236. The van der Waals surface area contributed by atoms with Crippen LogP contribution in [-0.2, 0) is 17.9 Å². The van der Waals surface area contributed by atoms with E-state index in [0.29, 0.717) is 76.8 Å². The van der Waals surface area contributed by atoms with Gasteiger partial charge in [0.05, 0.1) is 25.6 Å². The summed E-state index contributed by atoms with van der Waals surface area (Å²) < 4.78 is 12.0. The minimum Gasteiger partial charge on any atom is -0.497 e. The van der Waals surface area contributed by atoms with Crippen molar-refractivity contribution < 1.29 is 33.9 Å². The zero-order valence-corrected chi connectivity index (χ0v) is 32.7. The van der Waals surface area contributed by atoms with Gasteiger partial charge in [-0.1, -0.05) is 55.1 Å². The molecule has 302 valence electrons. The summed E-state index contributed by atoms with van der Waals surface area (Å²) in [4.78, 5) is 47.2. The molecule has 1 aliphatic heterocycles. The Bertz CT molecular complexity index is 2390. The molecule has 0 radical (unpaired) electrons. The number of nitrogens with zero attached hydrogens (tertiary/aromatic N) is 5. The van der Waals surface area contributed by atoms with Crippen molar-refractivity contribution in [3.63, 3.8) is 0 Å². The number of carbonyl (C=O) groups excluding carboxylic acids is 3.